The highest BCUT2D eigenvalue weighted by Gasteiger charge is 2.19. The van der Waals surface area contributed by atoms with Crippen LogP contribution in [0.15, 0.2) is 35.3 Å². The summed E-state index contributed by atoms with van der Waals surface area (Å²) >= 11 is 0. The molecule has 0 bridgehead atoms. The maximum atomic E-state index is 14.3. The Morgan fingerprint density at radius 2 is 2.17 bits per heavy atom. The summed E-state index contributed by atoms with van der Waals surface area (Å²) in [6.45, 7) is 7.91. The van der Waals surface area contributed by atoms with Gasteiger partial charge in [-0.15, -0.1) is 0 Å². The molecule has 5 nitrogen and oxygen atoms in total. The smallest absolute Gasteiger partial charge is 0.189 e. The molecule has 0 radical (unpaired) electrons. The molecule has 6 heteroatoms. The van der Waals surface area contributed by atoms with Crippen LogP contribution in [0, 0.1) is 5.82 Å². The van der Waals surface area contributed by atoms with Crippen LogP contribution in [0.5, 0.6) is 0 Å². The Labute approximate surface area is 136 Å². The van der Waals surface area contributed by atoms with Crippen molar-refractivity contribution in [1.29, 1.82) is 0 Å². The quantitative estimate of drug-likeness (QED) is 0.439. The van der Waals surface area contributed by atoms with Gasteiger partial charge in [0, 0.05) is 19.6 Å². The van der Waals surface area contributed by atoms with Crippen LogP contribution < -0.4 is 16.0 Å². The van der Waals surface area contributed by atoms with E-state index in [1.807, 2.05) is 17.9 Å². The van der Waals surface area contributed by atoms with Gasteiger partial charge in [-0.3, -0.25) is 0 Å². The number of nitrogens with zero attached hydrogens (tertiary/aromatic N) is 2. The van der Waals surface area contributed by atoms with Crippen LogP contribution in [0.25, 0.3) is 0 Å². The number of rotatable bonds is 5. The molecular weight excluding hydrogens is 295 g/mol. The molecule has 126 valence electrons. The standard InChI is InChI=1S/C17H25FN4O/c1-12(2)10-20-17(19)21-11-13-3-4-16(15(18)9-13)22-7-5-14(23)6-8-22/h3-4,9,14,23H,1,5-8,10-11H2,2H3,(H3,19,20,21). The van der Waals surface area contributed by atoms with E-state index >= 15 is 0 Å². The van der Waals surface area contributed by atoms with Crippen LogP contribution in [0.1, 0.15) is 25.3 Å². The van der Waals surface area contributed by atoms with E-state index in [1.165, 1.54) is 6.07 Å². The maximum Gasteiger partial charge on any atom is 0.189 e. The Morgan fingerprint density at radius 3 is 2.78 bits per heavy atom. The van der Waals surface area contributed by atoms with Crippen LogP contribution in [-0.4, -0.2) is 36.8 Å². The molecule has 1 saturated heterocycles. The number of aliphatic hydroxyl groups excluding tert-OH is 1. The van der Waals surface area contributed by atoms with Crippen molar-refractivity contribution in [3.8, 4) is 0 Å². The van der Waals surface area contributed by atoms with Crippen molar-refractivity contribution in [3.63, 3.8) is 0 Å². The van der Waals surface area contributed by atoms with Crippen molar-refractivity contribution < 1.29 is 9.50 Å². The van der Waals surface area contributed by atoms with Crippen LogP contribution in [0.4, 0.5) is 10.1 Å². The molecule has 1 heterocycles. The van der Waals surface area contributed by atoms with Gasteiger partial charge in [-0.25, -0.2) is 9.38 Å². The van der Waals surface area contributed by atoms with E-state index in [0.717, 1.165) is 11.1 Å². The molecular formula is C17H25FN4O. The second-order valence-electron chi connectivity index (χ2n) is 6.02. The predicted molar refractivity (Wildman–Crippen MR) is 92.0 cm³/mol. The van der Waals surface area contributed by atoms with Crippen LogP contribution >= 0.6 is 0 Å². The van der Waals surface area contributed by atoms with Gasteiger partial charge in [0.2, 0.25) is 0 Å². The van der Waals surface area contributed by atoms with E-state index in [9.17, 15) is 9.50 Å². The second kappa shape index (κ2) is 7.97. The second-order valence-corrected chi connectivity index (χ2v) is 6.02. The third-order valence-electron chi connectivity index (χ3n) is 3.82. The third kappa shape index (κ3) is 5.25. The van der Waals surface area contributed by atoms with Crippen molar-refractivity contribution in [2.45, 2.75) is 32.4 Å². The fourth-order valence-corrected chi connectivity index (χ4v) is 2.49. The molecule has 0 amide bonds. The van der Waals surface area contributed by atoms with E-state index in [2.05, 4.69) is 16.9 Å². The van der Waals surface area contributed by atoms with E-state index < -0.39 is 0 Å². The van der Waals surface area contributed by atoms with Gasteiger partial charge >= 0.3 is 0 Å². The number of benzene rings is 1. The topological polar surface area (TPSA) is 73.9 Å². The van der Waals surface area contributed by atoms with Crippen LogP contribution in [-0.2, 0) is 6.54 Å². The average molecular weight is 320 g/mol. The predicted octanol–water partition coefficient (Wildman–Crippen LogP) is 1.77. The Balaban J connectivity index is 1.96. The molecule has 0 unspecified atom stereocenters. The monoisotopic (exact) mass is 320 g/mol. The number of piperidine rings is 1. The molecule has 0 spiro atoms. The van der Waals surface area contributed by atoms with E-state index in [0.29, 0.717) is 50.7 Å². The number of guanidine groups is 1. The van der Waals surface area contributed by atoms with Crippen molar-refractivity contribution in [1.82, 2.24) is 5.32 Å². The van der Waals surface area contributed by atoms with Gasteiger partial charge in [0.25, 0.3) is 0 Å². The maximum absolute atomic E-state index is 14.3. The average Bonchev–Trinajstić information content (AvgIpc) is 2.52. The summed E-state index contributed by atoms with van der Waals surface area (Å²) in [4.78, 5) is 6.16. The molecule has 0 saturated carbocycles. The molecule has 2 rings (SSSR count). The molecule has 1 aliphatic heterocycles. The summed E-state index contributed by atoms with van der Waals surface area (Å²) in [5.74, 6) is 0.0602. The molecule has 1 aromatic rings. The number of halogens is 1. The van der Waals surface area contributed by atoms with Crippen LogP contribution in [0.2, 0.25) is 0 Å². The SMILES string of the molecule is C=C(C)CNC(N)=NCc1ccc(N2CCC(O)CC2)c(F)c1. The summed E-state index contributed by atoms with van der Waals surface area (Å²) in [6.07, 6.45) is 1.09. The van der Waals surface area contributed by atoms with E-state index in [4.69, 9.17) is 5.73 Å². The summed E-state index contributed by atoms with van der Waals surface area (Å²) in [7, 11) is 0. The van der Waals surface area contributed by atoms with Crippen molar-refractivity contribution in [3.05, 3.63) is 41.7 Å². The minimum Gasteiger partial charge on any atom is -0.393 e. The number of aliphatic hydroxyl groups is 1. The van der Waals surface area contributed by atoms with Crippen molar-refractivity contribution >= 4 is 11.6 Å². The number of nitrogens with one attached hydrogen (secondary N) is 1. The number of hydrogen-bond donors (Lipinski definition) is 3. The highest BCUT2D eigenvalue weighted by molar-refractivity contribution is 5.78. The lowest BCUT2D eigenvalue weighted by atomic mass is 10.1. The van der Waals surface area contributed by atoms with Crippen molar-refractivity contribution in [2.75, 3.05) is 24.5 Å². The first-order valence-electron chi connectivity index (χ1n) is 7.85. The number of anilines is 1. The zero-order chi connectivity index (χ0) is 16.8. The molecule has 0 aliphatic carbocycles. The third-order valence-corrected chi connectivity index (χ3v) is 3.82. The largest absolute Gasteiger partial charge is 0.393 e. The highest BCUT2D eigenvalue weighted by atomic mass is 19.1. The molecule has 23 heavy (non-hydrogen) atoms. The zero-order valence-electron chi connectivity index (χ0n) is 13.6. The molecule has 1 aliphatic rings. The Morgan fingerprint density at radius 1 is 1.48 bits per heavy atom. The molecule has 0 aromatic heterocycles. The van der Waals surface area contributed by atoms with Crippen LogP contribution in [0.3, 0.4) is 0 Å². The fourth-order valence-electron chi connectivity index (χ4n) is 2.49. The Hall–Kier alpha value is -2.08. The van der Waals surface area contributed by atoms with Crippen molar-refractivity contribution in [2.24, 2.45) is 10.7 Å². The first-order chi connectivity index (χ1) is 11.0. The number of nitrogens with two attached hydrogens (primary N) is 1. The van der Waals surface area contributed by atoms with Gasteiger partial charge < -0.3 is 21.1 Å². The molecule has 4 N–H and O–H groups in total. The Bertz CT molecular complexity index is 580. The van der Waals surface area contributed by atoms with Gasteiger partial charge in [0.05, 0.1) is 18.3 Å². The minimum atomic E-state index is -0.266. The lowest BCUT2D eigenvalue weighted by Gasteiger charge is -2.31. The number of aliphatic imine (C=N–C) groups is 1. The highest BCUT2D eigenvalue weighted by Crippen LogP contribution is 2.24. The summed E-state index contributed by atoms with van der Waals surface area (Å²) < 4.78 is 14.3. The lowest BCUT2D eigenvalue weighted by molar-refractivity contribution is 0.145. The minimum absolute atomic E-state index is 0.262. The molecule has 1 fully saturated rings. The lowest BCUT2D eigenvalue weighted by Crippen LogP contribution is -2.36. The first kappa shape index (κ1) is 17.3. The van der Waals surface area contributed by atoms with E-state index in [-0.39, 0.29) is 11.9 Å². The summed E-state index contributed by atoms with van der Waals surface area (Å²) in [5.41, 5.74) is 8.05. The first-order valence-corrected chi connectivity index (χ1v) is 7.85. The fraction of sp³-hybridized carbons (Fsp3) is 0.471. The van der Waals surface area contributed by atoms with E-state index in [1.54, 1.807) is 6.07 Å². The Kier molecular flexibility index (Phi) is 5.98. The molecule has 1 aromatic carbocycles. The summed E-state index contributed by atoms with van der Waals surface area (Å²) in [6, 6.07) is 5.13. The number of hydrogen-bond acceptors (Lipinski definition) is 3. The normalized spacial score (nSPS) is 16.5. The van der Waals surface area contributed by atoms with Gasteiger partial charge in [0.15, 0.2) is 5.96 Å². The van der Waals surface area contributed by atoms with Gasteiger partial charge in [-0.05, 0) is 37.5 Å². The zero-order valence-corrected chi connectivity index (χ0v) is 13.6. The van der Waals surface area contributed by atoms with Gasteiger partial charge in [-0.2, -0.15) is 0 Å². The summed E-state index contributed by atoms with van der Waals surface area (Å²) in [5, 5.41) is 12.5. The molecule has 0 atom stereocenters. The van der Waals surface area contributed by atoms with Gasteiger partial charge in [-0.1, -0.05) is 18.2 Å². The van der Waals surface area contributed by atoms with Gasteiger partial charge in [0.1, 0.15) is 5.82 Å².